The average Bonchev–Trinajstić information content (AvgIpc) is 3.26. The molecular formula is C21H21N3O6S. The topological polar surface area (TPSA) is 109 Å². The number of thiazole rings is 1. The number of amides is 1. The first-order chi connectivity index (χ1) is 15.0. The van der Waals surface area contributed by atoms with Gasteiger partial charge in [-0.15, -0.1) is 11.3 Å². The summed E-state index contributed by atoms with van der Waals surface area (Å²) in [5.41, 5.74) is 1.62. The van der Waals surface area contributed by atoms with Crippen molar-refractivity contribution < 1.29 is 28.5 Å². The van der Waals surface area contributed by atoms with E-state index in [1.807, 2.05) is 6.07 Å². The van der Waals surface area contributed by atoms with Gasteiger partial charge in [0.15, 0.2) is 23.2 Å². The molecule has 0 bridgehead atoms. The van der Waals surface area contributed by atoms with Gasteiger partial charge < -0.3 is 18.9 Å². The number of pyridine rings is 1. The van der Waals surface area contributed by atoms with Crippen LogP contribution in [0.5, 0.6) is 17.4 Å². The van der Waals surface area contributed by atoms with Crippen LogP contribution >= 0.6 is 11.3 Å². The third-order valence-corrected chi connectivity index (χ3v) is 4.79. The minimum absolute atomic E-state index is 0.155. The van der Waals surface area contributed by atoms with Crippen molar-refractivity contribution in [1.29, 1.82) is 0 Å². The number of carbonyl (C=O) groups is 2. The molecule has 3 rings (SSSR count). The Balaban J connectivity index is 1.60. The zero-order valence-electron chi connectivity index (χ0n) is 17.2. The van der Waals surface area contributed by atoms with E-state index >= 15 is 0 Å². The van der Waals surface area contributed by atoms with E-state index in [0.717, 1.165) is 5.56 Å². The molecule has 0 aliphatic rings. The lowest BCUT2D eigenvalue weighted by atomic mass is 10.1. The predicted octanol–water partition coefficient (Wildman–Crippen LogP) is 3.42. The second-order valence-electron chi connectivity index (χ2n) is 6.02. The van der Waals surface area contributed by atoms with Crippen LogP contribution in [0.1, 0.15) is 17.3 Å². The van der Waals surface area contributed by atoms with Crippen molar-refractivity contribution in [2.24, 2.45) is 0 Å². The summed E-state index contributed by atoms with van der Waals surface area (Å²) < 4.78 is 20.9. The van der Waals surface area contributed by atoms with Gasteiger partial charge in [-0.2, -0.15) is 0 Å². The summed E-state index contributed by atoms with van der Waals surface area (Å²) in [6, 6.07) is 8.53. The molecule has 0 aliphatic heterocycles. The summed E-state index contributed by atoms with van der Waals surface area (Å²) in [5, 5.41) is 4.79. The van der Waals surface area contributed by atoms with Crippen molar-refractivity contribution in [1.82, 2.24) is 9.97 Å². The zero-order valence-corrected chi connectivity index (χ0v) is 18.0. The van der Waals surface area contributed by atoms with Crippen LogP contribution in [0.15, 0.2) is 41.9 Å². The zero-order chi connectivity index (χ0) is 22.2. The second-order valence-corrected chi connectivity index (χ2v) is 6.88. The lowest BCUT2D eigenvalue weighted by Gasteiger charge is -2.08. The van der Waals surface area contributed by atoms with E-state index in [1.54, 1.807) is 44.7 Å². The molecule has 1 amide bonds. The summed E-state index contributed by atoms with van der Waals surface area (Å²) in [5.74, 6) is 0.139. The predicted molar refractivity (Wildman–Crippen MR) is 115 cm³/mol. The summed E-state index contributed by atoms with van der Waals surface area (Å²) >= 11 is 1.25. The molecule has 31 heavy (non-hydrogen) atoms. The Morgan fingerprint density at radius 1 is 1.13 bits per heavy atom. The Kier molecular flexibility index (Phi) is 7.39. The molecule has 0 atom stereocenters. The number of nitrogens with one attached hydrogen (secondary N) is 1. The van der Waals surface area contributed by atoms with Crippen molar-refractivity contribution in [3.63, 3.8) is 0 Å². The van der Waals surface area contributed by atoms with Gasteiger partial charge in [0.05, 0.1) is 26.5 Å². The maximum atomic E-state index is 12.2. The highest BCUT2D eigenvalue weighted by atomic mass is 32.1. The van der Waals surface area contributed by atoms with Crippen LogP contribution in [-0.2, 0) is 9.53 Å². The van der Waals surface area contributed by atoms with Gasteiger partial charge in [0.25, 0.3) is 5.91 Å². The number of anilines is 1. The van der Waals surface area contributed by atoms with E-state index in [-0.39, 0.29) is 11.4 Å². The normalized spacial score (nSPS) is 10.3. The van der Waals surface area contributed by atoms with Gasteiger partial charge >= 0.3 is 5.97 Å². The monoisotopic (exact) mass is 443 g/mol. The summed E-state index contributed by atoms with van der Waals surface area (Å²) in [7, 11) is 3.12. The van der Waals surface area contributed by atoms with E-state index < -0.39 is 18.5 Å². The molecule has 3 aromatic rings. The molecule has 0 saturated carbocycles. The third kappa shape index (κ3) is 5.48. The number of nitrogens with zero attached hydrogens (tertiary/aromatic N) is 2. The molecule has 2 heterocycles. The maximum Gasteiger partial charge on any atom is 0.344 e. The van der Waals surface area contributed by atoms with Gasteiger partial charge in [0.1, 0.15) is 5.56 Å². The number of ether oxygens (including phenoxy) is 4. The molecule has 0 spiro atoms. The number of methoxy groups -OCH3 is 2. The fraction of sp³-hybridized carbons (Fsp3) is 0.238. The highest BCUT2D eigenvalue weighted by Gasteiger charge is 2.17. The molecule has 9 nitrogen and oxygen atoms in total. The van der Waals surface area contributed by atoms with Crippen LogP contribution in [0.3, 0.4) is 0 Å². The first-order valence-corrected chi connectivity index (χ1v) is 10.2. The first-order valence-electron chi connectivity index (χ1n) is 9.28. The average molecular weight is 443 g/mol. The van der Waals surface area contributed by atoms with Crippen molar-refractivity contribution in [2.75, 3.05) is 32.8 Å². The molecule has 10 heteroatoms. The van der Waals surface area contributed by atoms with Crippen molar-refractivity contribution in [2.45, 2.75) is 6.92 Å². The Morgan fingerprint density at radius 2 is 1.94 bits per heavy atom. The van der Waals surface area contributed by atoms with Crippen LogP contribution in [0.2, 0.25) is 0 Å². The molecule has 0 unspecified atom stereocenters. The fourth-order valence-electron chi connectivity index (χ4n) is 2.62. The molecule has 0 fully saturated rings. The molecule has 2 aromatic heterocycles. The molecule has 1 aromatic carbocycles. The minimum atomic E-state index is -0.697. The van der Waals surface area contributed by atoms with Crippen LogP contribution in [0, 0.1) is 0 Å². The van der Waals surface area contributed by atoms with Gasteiger partial charge in [-0.3, -0.25) is 10.1 Å². The first kappa shape index (κ1) is 22.0. The van der Waals surface area contributed by atoms with E-state index in [4.69, 9.17) is 18.9 Å². The minimum Gasteiger partial charge on any atom is -0.493 e. The van der Waals surface area contributed by atoms with Gasteiger partial charge in [-0.1, -0.05) is 0 Å². The Morgan fingerprint density at radius 3 is 2.68 bits per heavy atom. The number of rotatable bonds is 9. The van der Waals surface area contributed by atoms with Crippen LogP contribution in [-0.4, -0.2) is 49.3 Å². The van der Waals surface area contributed by atoms with Crippen LogP contribution in [0.4, 0.5) is 5.13 Å². The van der Waals surface area contributed by atoms with E-state index in [1.165, 1.54) is 23.6 Å². The molecule has 0 saturated heterocycles. The molecule has 0 aliphatic carbocycles. The number of benzene rings is 1. The third-order valence-electron chi connectivity index (χ3n) is 4.04. The smallest absolute Gasteiger partial charge is 0.344 e. The standard InChI is InChI=1S/C21H21N3O6S/c1-4-29-19-14(6-5-9-22-19)20(26)30-11-18(25)24-21-23-15(12-31-21)13-7-8-16(27-2)17(10-13)28-3/h5-10,12H,4,11H2,1-3H3,(H,23,24,25). The SMILES string of the molecule is CCOc1ncccc1C(=O)OCC(=O)Nc1nc(-c2ccc(OC)c(OC)c2)cs1. The van der Waals surface area contributed by atoms with Gasteiger partial charge in [-0.25, -0.2) is 14.8 Å². The maximum absolute atomic E-state index is 12.2. The van der Waals surface area contributed by atoms with Gasteiger partial charge in [0.2, 0.25) is 5.88 Å². The lowest BCUT2D eigenvalue weighted by Crippen LogP contribution is -2.21. The molecule has 1 N–H and O–H groups in total. The summed E-state index contributed by atoms with van der Waals surface area (Å²) in [4.78, 5) is 32.8. The van der Waals surface area contributed by atoms with E-state index in [2.05, 4.69) is 15.3 Å². The number of carbonyl (C=O) groups excluding carboxylic acids is 2. The molecule has 162 valence electrons. The quantitative estimate of drug-likeness (QED) is 0.501. The number of esters is 1. The fourth-order valence-corrected chi connectivity index (χ4v) is 3.36. The van der Waals surface area contributed by atoms with Gasteiger partial charge in [0, 0.05) is 17.1 Å². The summed E-state index contributed by atoms with van der Waals surface area (Å²) in [6.07, 6.45) is 1.51. The van der Waals surface area contributed by atoms with E-state index in [9.17, 15) is 9.59 Å². The molecular weight excluding hydrogens is 422 g/mol. The van der Waals surface area contributed by atoms with E-state index in [0.29, 0.717) is 28.9 Å². The van der Waals surface area contributed by atoms with Crippen molar-refractivity contribution >= 4 is 28.3 Å². The lowest BCUT2D eigenvalue weighted by molar-refractivity contribution is -0.119. The van der Waals surface area contributed by atoms with Crippen molar-refractivity contribution in [3.05, 3.63) is 47.5 Å². The van der Waals surface area contributed by atoms with Gasteiger partial charge in [-0.05, 0) is 37.3 Å². The number of hydrogen-bond donors (Lipinski definition) is 1. The van der Waals surface area contributed by atoms with Crippen molar-refractivity contribution in [3.8, 4) is 28.6 Å². The Labute approximate surface area is 183 Å². The highest BCUT2D eigenvalue weighted by Crippen LogP contribution is 2.33. The number of hydrogen-bond acceptors (Lipinski definition) is 9. The molecule has 0 radical (unpaired) electrons. The highest BCUT2D eigenvalue weighted by molar-refractivity contribution is 7.14. The largest absolute Gasteiger partial charge is 0.493 e. The second kappa shape index (κ2) is 10.4. The number of aromatic nitrogens is 2. The Hall–Kier alpha value is -3.66. The van der Waals surface area contributed by atoms with Crippen LogP contribution < -0.4 is 19.5 Å². The van der Waals surface area contributed by atoms with Crippen LogP contribution in [0.25, 0.3) is 11.3 Å². The Bertz CT molecular complexity index is 1070. The summed E-state index contributed by atoms with van der Waals surface area (Å²) in [6.45, 7) is 1.66.